The molecule has 0 atom stereocenters. The summed E-state index contributed by atoms with van der Waals surface area (Å²) in [4.78, 5) is 27.7. The molecule has 51 heavy (non-hydrogen) atoms. The number of nitrogens with zero attached hydrogens (tertiary/aromatic N) is 2. The fraction of sp³-hybridized carbons (Fsp3) is 0.200. The Morgan fingerprint density at radius 2 is 0.902 bits per heavy atom. The van der Waals surface area contributed by atoms with Crippen molar-refractivity contribution in [3.63, 3.8) is 0 Å². The van der Waals surface area contributed by atoms with Gasteiger partial charge in [-0.25, -0.2) is 26.4 Å². The zero-order chi connectivity index (χ0) is 37.7. The average Bonchev–Trinajstić information content (AvgIpc) is 2.95. The number of fused-ring (bicyclic) bond motifs is 2. The molecule has 4 heterocycles. The Balaban J connectivity index is 0.000000239. The molecule has 4 aromatic rings. The molecule has 2 aliphatic heterocycles. The number of hydrogen-bond acceptors (Lipinski definition) is 18. The second-order valence-electron chi connectivity index (χ2n) is 10.6. The summed E-state index contributed by atoms with van der Waals surface area (Å²) < 4.78 is 83.7. The van der Waals surface area contributed by atoms with Gasteiger partial charge in [0.25, 0.3) is 0 Å². The predicted octanol–water partition coefficient (Wildman–Crippen LogP) is -0.582. The zero-order valence-electron chi connectivity index (χ0n) is 26.7. The fourth-order valence-electron chi connectivity index (χ4n) is 4.00. The van der Waals surface area contributed by atoms with Gasteiger partial charge >= 0.3 is 33.7 Å². The van der Waals surface area contributed by atoms with Crippen LogP contribution in [0.25, 0.3) is 21.8 Å². The summed E-state index contributed by atoms with van der Waals surface area (Å²) in [5, 5.41) is 43.8. The molecule has 6 rings (SSSR count). The summed E-state index contributed by atoms with van der Waals surface area (Å²) >= 11 is 0. The van der Waals surface area contributed by atoms with Crippen LogP contribution < -0.4 is 20.4 Å². The molecule has 2 aromatic carbocycles. The van der Waals surface area contributed by atoms with Gasteiger partial charge in [-0.05, 0) is 52.0 Å². The summed E-state index contributed by atoms with van der Waals surface area (Å²) in [6.45, 7) is 5.98. The van der Waals surface area contributed by atoms with E-state index in [1.807, 2.05) is 0 Å². The van der Waals surface area contributed by atoms with Crippen LogP contribution >= 0.6 is 0 Å². The summed E-state index contributed by atoms with van der Waals surface area (Å²) in [5.41, 5.74) is -0.0103. The van der Waals surface area contributed by atoms with E-state index in [4.69, 9.17) is 0 Å². The van der Waals surface area contributed by atoms with Gasteiger partial charge in [0.15, 0.2) is 11.6 Å². The first kappa shape index (κ1) is 42.2. The Morgan fingerprint density at radius 3 is 1.18 bits per heavy atom. The number of carbonyl (C=O) groups excluding carboxylic acids is 2. The molecule has 2 aromatic heterocycles. The Labute approximate surface area is 305 Å². The van der Waals surface area contributed by atoms with Gasteiger partial charge in [-0.3, -0.25) is 9.97 Å². The van der Waals surface area contributed by atoms with E-state index in [0.717, 1.165) is 36.4 Å². The van der Waals surface area contributed by atoms with Crippen molar-refractivity contribution in [2.45, 2.75) is 49.1 Å². The third-order valence-corrected chi connectivity index (χ3v) is 7.57. The van der Waals surface area contributed by atoms with Crippen molar-refractivity contribution in [3.05, 3.63) is 85.0 Å². The molecular weight excluding hydrogens is 756 g/mol. The topological polar surface area (TPSA) is 303 Å². The molecule has 21 heteroatoms. The van der Waals surface area contributed by atoms with Gasteiger partial charge in [-0.2, -0.15) is 0 Å². The quantitative estimate of drug-likeness (QED) is 0.139. The van der Waals surface area contributed by atoms with E-state index >= 15 is 0 Å². The van der Waals surface area contributed by atoms with Gasteiger partial charge in [0.1, 0.15) is 20.2 Å². The average molecular weight is 781 g/mol. The number of esters is 2. The van der Waals surface area contributed by atoms with Gasteiger partial charge in [0.2, 0.25) is 0 Å². The molecule has 2 aliphatic rings. The number of benzene rings is 2. The van der Waals surface area contributed by atoms with E-state index in [0.29, 0.717) is 0 Å². The maximum atomic E-state index is 11.3. The SMILES string of the molecule is CC1(C)OC(=O)C=C([O-])O1.CC1(C)OC(=O)C=C([O-])O1.O=S(=O)([O-])c1ccc([O-])c2ncccc12.O=S(=O)([O-])c1ccc([O-])c2ncccc12.[Ti+4]. The maximum absolute atomic E-state index is 11.3. The van der Waals surface area contributed by atoms with Crippen molar-refractivity contribution >= 4 is 54.0 Å². The van der Waals surface area contributed by atoms with Gasteiger partial charge < -0.3 is 48.5 Å². The largest absolute Gasteiger partial charge is 4.00 e. The first-order valence-corrected chi connectivity index (χ1v) is 16.4. The molecule has 0 aliphatic carbocycles. The van der Waals surface area contributed by atoms with Gasteiger partial charge in [-0.15, -0.1) is 0 Å². The monoisotopic (exact) mass is 780 g/mol. The molecule has 0 saturated heterocycles. The maximum Gasteiger partial charge on any atom is 4.00 e. The van der Waals surface area contributed by atoms with Crippen LogP contribution in [-0.2, 0) is 70.5 Å². The van der Waals surface area contributed by atoms with Crippen LogP contribution in [0.3, 0.4) is 0 Å². The number of carbonyl (C=O) groups is 2. The van der Waals surface area contributed by atoms with Crippen molar-refractivity contribution in [2.24, 2.45) is 0 Å². The molecule has 18 nitrogen and oxygen atoms in total. The number of rotatable bonds is 2. The van der Waals surface area contributed by atoms with Crippen molar-refractivity contribution in [1.29, 1.82) is 0 Å². The van der Waals surface area contributed by atoms with Gasteiger partial charge in [0.05, 0.1) is 32.7 Å². The third-order valence-electron chi connectivity index (χ3n) is 5.78. The van der Waals surface area contributed by atoms with Crippen molar-refractivity contribution in [2.75, 3.05) is 0 Å². The van der Waals surface area contributed by atoms with E-state index in [2.05, 4.69) is 28.9 Å². The van der Waals surface area contributed by atoms with Crippen LogP contribution in [-0.4, -0.2) is 59.4 Å². The summed E-state index contributed by atoms with van der Waals surface area (Å²) in [6.07, 6.45) is 4.27. The number of ether oxygens (including phenoxy) is 4. The number of aromatic nitrogens is 2. The molecule has 0 N–H and O–H groups in total. The van der Waals surface area contributed by atoms with E-state index in [1.54, 1.807) is 0 Å². The Bertz CT molecular complexity index is 2060. The molecule has 0 saturated carbocycles. The molecule has 0 spiro atoms. The predicted molar refractivity (Wildman–Crippen MR) is 157 cm³/mol. The summed E-state index contributed by atoms with van der Waals surface area (Å²) in [7, 11) is -9.15. The van der Waals surface area contributed by atoms with Crippen LogP contribution in [0.4, 0.5) is 0 Å². The molecule has 0 unspecified atom stereocenters. The molecule has 268 valence electrons. The van der Waals surface area contributed by atoms with E-state index in [-0.39, 0.29) is 43.5 Å². The molecular formula is C30H24N2O16S2Ti-2. The minimum atomic E-state index is -4.58. The van der Waals surface area contributed by atoms with Crippen molar-refractivity contribution < 1.29 is 96.6 Å². The summed E-state index contributed by atoms with van der Waals surface area (Å²) in [6, 6.07) is 9.78. The first-order chi connectivity index (χ1) is 23.0. The Morgan fingerprint density at radius 1 is 0.569 bits per heavy atom. The van der Waals surface area contributed by atoms with Crippen LogP contribution in [0.15, 0.2) is 94.8 Å². The Kier molecular flexibility index (Phi) is 13.5. The number of cyclic esters (lactones) is 2. The Hall–Kier alpha value is -4.99. The first-order valence-electron chi connectivity index (χ1n) is 13.6. The number of pyridine rings is 2. The molecule has 0 amide bonds. The zero-order valence-corrected chi connectivity index (χ0v) is 29.9. The van der Waals surface area contributed by atoms with Gasteiger partial charge in [0, 0.05) is 35.3 Å². The molecule has 0 bridgehead atoms. The van der Waals surface area contributed by atoms with Crippen LogP contribution in [0, 0.1) is 0 Å². The van der Waals surface area contributed by atoms with Crippen LogP contribution in [0.5, 0.6) is 11.5 Å². The number of hydrogen-bond donors (Lipinski definition) is 0. The van der Waals surface area contributed by atoms with E-state index in [1.165, 1.54) is 64.4 Å². The normalized spacial score (nSPS) is 15.8. The fourth-order valence-corrected chi connectivity index (χ4v) is 5.34. The smallest absolute Gasteiger partial charge is 0.871 e. The molecule has 0 radical (unpaired) electrons. The second-order valence-corrected chi connectivity index (χ2v) is 13.3. The van der Waals surface area contributed by atoms with E-state index < -0.39 is 76.9 Å². The standard InChI is InChI=1S/2C9H7NO4S.2C6H8O4.Ti/c2*11-7-3-4-8(15(12,13)14)6-2-1-5-10-9(6)7;2*1-6(2)9-4(7)3-5(8)10-6;/h2*1-5,11H,(H,12,13,14);2*3,7H,1-2H3;/q;;;;+4/p-6. The van der Waals surface area contributed by atoms with Gasteiger partial charge in [-0.1, -0.05) is 35.8 Å². The second kappa shape index (κ2) is 16.4. The minimum Gasteiger partial charge on any atom is -0.871 e. The van der Waals surface area contributed by atoms with Crippen molar-refractivity contribution in [3.8, 4) is 11.5 Å². The summed E-state index contributed by atoms with van der Waals surface area (Å²) in [5.74, 6) is -5.63. The van der Waals surface area contributed by atoms with E-state index in [9.17, 15) is 56.0 Å². The molecule has 0 fully saturated rings. The van der Waals surface area contributed by atoms with Crippen LogP contribution in [0.2, 0.25) is 0 Å². The van der Waals surface area contributed by atoms with Crippen molar-refractivity contribution in [1.82, 2.24) is 9.97 Å². The third kappa shape index (κ3) is 12.1. The minimum absolute atomic E-state index is 0. The van der Waals surface area contributed by atoms with Crippen LogP contribution in [0.1, 0.15) is 27.7 Å².